The summed E-state index contributed by atoms with van der Waals surface area (Å²) in [5, 5.41) is 5.89. The van der Waals surface area contributed by atoms with E-state index in [1.165, 1.54) is 117 Å². The fourth-order valence-corrected chi connectivity index (χ4v) is 18.9. The molecule has 0 saturated heterocycles. The van der Waals surface area contributed by atoms with Crippen LogP contribution in [0.5, 0.6) is 0 Å². The second-order valence-corrected chi connectivity index (χ2v) is 23.4. The van der Waals surface area contributed by atoms with Gasteiger partial charge in [0.25, 0.3) is 0 Å². The lowest BCUT2D eigenvalue weighted by atomic mass is 10.0. The van der Waals surface area contributed by atoms with Crippen LogP contribution in [0.2, 0.25) is 0 Å². The summed E-state index contributed by atoms with van der Waals surface area (Å²) in [6.07, 6.45) is 0. The van der Waals surface area contributed by atoms with Crippen LogP contribution in [0.15, 0.2) is 21.9 Å². The van der Waals surface area contributed by atoms with Crippen molar-refractivity contribution < 1.29 is 0 Å². The topological polar surface area (TPSA) is 29.2 Å². The van der Waals surface area contributed by atoms with E-state index in [4.69, 9.17) is 0 Å². The van der Waals surface area contributed by atoms with Crippen molar-refractivity contribution in [1.82, 2.24) is 0 Å². The van der Waals surface area contributed by atoms with Gasteiger partial charge < -0.3 is 44.1 Å². The second-order valence-electron chi connectivity index (χ2n) is 19.9. The van der Waals surface area contributed by atoms with E-state index in [2.05, 4.69) is 240 Å². The van der Waals surface area contributed by atoms with E-state index in [1.54, 1.807) is 5.20 Å². The molecule has 0 bridgehead atoms. The number of rotatable bonds is 13. The standard InChI is InChI=1S/C51H85N9Si/c1-29-30(2)38(10)48(37(29)9)61(49-42(55(17)18)34(6)31(3)39(52(11)12)45(49)58(23)24,50-43(56(19)20)35(7)32(4)40(53(13)14)46(50)59(25)26)51-44(57(21)22)36(8)33(5)41(54(15)16)47(51)60(27)28/h37H,1-28H3. The number of nitrogens with zero attached hydrogens (tertiary/aromatic N) is 9. The highest BCUT2D eigenvalue weighted by atomic mass is 28.3. The minimum atomic E-state index is -3.73. The number of hydrogen-bond donors (Lipinski definition) is 0. The first-order valence-corrected chi connectivity index (χ1v) is 24.0. The van der Waals surface area contributed by atoms with Crippen molar-refractivity contribution in [3.8, 4) is 0 Å². The van der Waals surface area contributed by atoms with Crippen molar-refractivity contribution >= 4 is 74.8 Å². The zero-order valence-electron chi connectivity index (χ0n) is 44.1. The average molecular weight is 852 g/mol. The highest BCUT2D eigenvalue weighted by Gasteiger charge is 2.58. The first kappa shape index (κ1) is 49.2. The molecule has 1 unspecified atom stereocenters. The van der Waals surface area contributed by atoms with Crippen molar-refractivity contribution in [1.29, 1.82) is 0 Å². The molecule has 338 valence electrons. The summed E-state index contributed by atoms with van der Waals surface area (Å²) >= 11 is 0. The summed E-state index contributed by atoms with van der Waals surface area (Å²) in [7, 11) is 37.1. The summed E-state index contributed by atoms with van der Waals surface area (Å²) < 4.78 is 0. The molecule has 10 heteroatoms. The van der Waals surface area contributed by atoms with Gasteiger partial charge in [-0.25, -0.2) is 0 Å². The molecule has 4 rings (SSSR count). The van der Waals surface area contributed by atoms with Crippen molar-refractivity contribution in [3.63, 3.8) is 0 Å². The van der Waals surface area contributed by atoms with Gasteiger partial charge in [-0.3, -0.25) is 0 Å². The predicted octanol–water partition coefficient (Wildman–Crippen LogP) is 7.44. The smallest absolute Gasteiger partial charge is 0.191 e. The van der Waals surface area contributed by atoms with Gasteiger partial charge in [0.2, 0.25) is 0 Å². The van der Waals surface area contributed by atoms with E-state index in [9.17, 15) is 0 Å². The number of benzene rings is 3. The second kappa shape index (κ2) is 17.4. The fourth-order valence-electron chi connectivity index (χ4n) is 11.3. The van der Waals surface area contributed by atoms with Crippen LogP contribution >= 0.6 is 0 Å². The maximum absolute atomic E-state index is 3.73. The van der Waals surface area contributed by atoms with Crippen molar-refractivity contribution in [3.05, 3.63) is 55.3 Å². The highest BCUT2D eigenvalue weighted by Crippen LogP contribution is 2.52. The zero-order chi connectivity index (χ0) is 47.0. The molecule has 61 heavy (non-hydrogen) atoms. The largest absolute Gasteiger partial charge is 0.377 e. The summed E-state index contributed by atoms with van der Waals surface area (Å²) in [4.78, 5) is 21.8. The molecule has 1 aliphatic carbocycles. The molecule has 0 saturated carbocycles. The van der Waals surface area contributed by atoms with Crippen LogP contribution in [0.3, 0.4) is 0 Å². The lowest BCUT2D eigenvalue weighted by molar-refractivity contribution is 0.851. The lowest BCUT2D eigenvalue weighted by Gasteiger charge is -2.50. The predicted molar refractivity (Wildman–Crippen MR) is 282 cm³/mol. The molecule has 3 aromatic carbocycles. The molecular weight excluding hydrogens is 767 g/mol. The molecule has 0 fully saturated rings. The van der Waals surface area contributed by atoms with Gasteiger partial charge in [-0.15, -0.1) is 0 Å². The summed E-state index contributed by atoms with van der Waals surface area (Å²) in [5.41, 5.74) is 23.8. The Hall–Kier alpha value is -4.44. The average Bonchev–Trinajstić information content (AvgIpc) is 3.32. The molecule has 0 aliphatic heterocycles. The number of anilines is 9. The molecule has 1 atom stereocenters. The molecule has 3 aromatic rings. The molecule has 0 N–H and O–H groups in total. The van der Waals surface area contributed by atoms with E-state index in [0.717, 1.165) is 0 Å². The van der Waals surface area contributed by atoms with Gasteiger partial charge in [-0.1, -0.05) is 23.3 Å². The molecule has 0 amide bonds. The molecule has 1 aliphatic rings. The Bertz CT molecular complexity index is 2060. The Kier molecular flexibility index (Phi) is 14.0. The summed E-state index contributed by atoms with van der Waals surface area (Å²) in [5.74, 6) is 0.171. The van der Waals surface area contributed by atoms with Gasteiger partial charge >= 0.3 is 0 Å². The van der Waals surface area contributed by atoms with Crippen molar-refractivity contribution in [2.45, 2.75) is 69.2 Å². The molecular formula is C51H85N9Si. The van der Waals surface area contributed by atoms with Crippen molar-refractivity contribution in [2.24, 2.45) is 5.92 Å². The maximum Gasteiger partial charge on any atom is 0.191 e. The highest BCUT2D eigenvalue weighted by molar-refractivity contribution is 7.20. The molecule has 0 radical (unpaired) electrons. The Morgan fingerprint density at radius 2 is 0.475 bits per heavy atom. The van der Waals surface area contributed by atoms with E-state index >= 15 is 0 Å². The SMILES string of the molecule is CC1=C(C)C(C)C([Si](c2c(N(C)C)c(C)c(C)c(N(C)C)c2N(C)C)(c2c(N(C)C)c(C)c(C)c(N(C)C)c2N(C)C)c2c(N(C)C)c(C)c(C)c(N(C)C)c2N(C)C)=C1C. The van der Waals surface area contributed by atoms with Crippen LogP contribution in [0.25, 0.3) is 0 Å². The number of allylic oxidation sites excluding steroid dienone is 4. The third kappa shape index (κ3) is 7.32. The normalized spacial score (nSPS) is 14.3. The third-order valence-electron chi connectivity index (χ3n) is 14.1. The maximum atomic E-state index is 2.52. The Balaban J connectivity index is 3.01. The third-order valence-corrected chi connectivity index (χ3v) is 19.4. The van der Waals surface area contributed by atoms with E-state index in [-0.39, 0.29) is 5.92 Å². The van der Waals surface area contributed by atoms with Gasteiger partial charge in [-0.05, 0) is 107 Å². The van der Waals surface area contributed by atoms with Crippen LogP contribution in [-0.2, 0) is 0 Å². The molecule has 9 nitrogen and oxygen atoms in total. The fraction of sp³-hybridized carbons (Fsp3) is 0.569. The first-order valence-electron chi connectivity index (χ1n) is 22.0. The minimum Gasteiger partial charge on any atom is -0.377 e. The van der Waals surface area contributed by atoms with Crippen molar-refractivity contribution in [2.75, 3.05) is 171 Å². The number of hydrogen-bond acceptors (Lipinski definition) is 9. The zero-order valence-corrected chi connectivity index (χ0v) is 45.1. The van der Waals surface area contributed by atoms with Crippen LogP contribution in [0.4, 0.5) is 51.2 Å². The van der Waals surface area contributed by atoms with Gasteiger partial charge in [0.1, 0.15) is 0 Å². The van der Waals surface area contributed by atoms with Crippen LogP contribution in [-0.4, -0.2) is 135 Å². The lowest BCUT2D eigenvalue weighted by Crippen LogP contribution is -2.73. The summed E-state index contributed by atoms with van der Waals surface area (Å²) in [6, 6.07) is 0. The molecule has 0 aromatic heterocycles. The molecule has 0 heterocycles. The Labute approximate surface area is 374 Å². The van der Waals surface area contributed by atoms with Gasteiger partial charge in [0.05, 0.1) is 34.1 Å². The van der Waals surface area contributed by atoms with Crippen LogP contribution < -0.4 is 59.7 Å². The first-order chi connectivity index (χ1) is 28.0. The van der Waals surface area contributed by atoms with Gasteiger partial charge in [0, 0.05) is 159 Å². The van der Waals surface area contributed by atoms with E-state index in [1.807, 2.05) is 0 Å². The quantitative estimate of drug-likeness (QED) is 0.129. The summed E-state index contributed by atoms with van der Waals surface area (Å²) in [6.45, 7) is 23.9. The van der Waals surface area contributed by atoms with Gasteiger partial charge in [0.15, 0.2) is 8.07 Å². The van der Waals surface area contributed by atoms with E-state index in [0.29, 0.717) is 0 Å². The van der Waals surface area contributed by atoms with Crippen LogP contribution in [0.1, 0.15) is 61.1 Å². The van der Waals surface area contributed by atoms with E-state index < -0.39 is 8.07 Å². The van der Waals surface area contributed by atoms with Crippen LogP contribution in [0, 0.1) is 47.5 Å². The monoisotopic (exact) mass is 852 g/mol. The molecule has 0 spiro atoms. The van der Waals surface area contributed by atoms with Gasteiger partial charge in [-0.2, -0.15) is 0 Å². The Morgan fingerprint density at radius 1 is 0.279 bits per heavy atom. The Morgan fingerprint density at radius 3 is 0.639 bits per heavy atom. The minimum absolute atomic E-state index is 0.171.